The summed E-state index contributed by atoms with van der Waals surface area (Å²) < 4.78 is 5.56. The Balaban J connectivity index is 2.00. The Morgan fingerprint density at radius 3 is 3.05 bits per heavy atom. The van der Waals surface area contributed by atoms with E-state index >= 15 is 0 Å². The van der Waals surface area contributed by atoms with Crippen LogP contribution in [0.3, 0.4) is 0 Å². The molecule has 0 saturated heterocycles. The number of hydrogen-bond acceptors (Lipinski definition) is 5. The van der Waals surface area contributed by atoms with E-state index in [1.807, 2.05) is 12.3 Å². The van der Waals surface area contributed by atoms with Crippen LogP contribution >= 0.6 is 11.3 Å². The molecule has 0 spiro atoms. The summed E-state index contributed by atoms with van der Waals surface area (Å²) in [7, 11) is 0. The summed E-state index contributed by atoms with van der Waals surface area (Å²) >= 11 is 1.46. The molecule has 0 fully saturated rings. The van der Waals surface area contributed by atoms with Gasteiger partial charge in [0.15, 0.2) is 5.76 Å². The number of aromatic nitrogens is 1. The summed E-state index contributed by atoms with van der Waals surface area (Å²) in [4.78, 5) is 16.3. The lowest BCUT2D eigenvalue weighted by Gasteiger charge is -1.95. The number of phenols is 1. The molecule has 3 aromatic rings. The van der Waals surface area contributed by atoms with Crippen molar-refractivity contribution in [2.75, 3.05) is 0 Å². The second-order valence-corrected chi connectivity index (χ2v) is 5.04. The minimum Gasteiger partial charge on any atom is -0.508 e. The predicted molar refractivity (Wildman–Crippen MR) is 72.8 cm³/mol. The standard InChI is InChI=1S/C14H11NO3S/c1-8-11-3-2-10(16)5-13(11)18-14(8)12(17)4-9-6-19-7-15-9/h2-3,5-7,16H,4H2,1H3. The van der Waals surface area contributed by atoms with E-state index in [1.165, 1.54) is 17.4 Å². The van der Waals surface area contributed by atoms with Gasteiger partial charge in [-0.25, -0.2) is 4.98 Å². The van der Waals surface area contributed by atoms with Gasteiger partial charge in [0.25, 0.3) is 0 Å². The minimum atomic E-state index is -0.0981. The molecule has 2 heterocycles. The molecule has 0 bridgehead atoms. The zero-order valence-electron chi connectivity index (χ0n) is 10.2. The van der Waals surface area contributed by atoms with Crippen LogP contribution in [0.5, 0.6) is 5.75 Å². The smallest absolute Gasteiger partial charge is 0.204 e. The van der Waals surface area contributed by atoms with Crippen LogP contribution in [0.1, 0.15) is 21.8 Å². The van der Waals surface area contributed by atoms with Crippen LogP contribution in [-0.2, 0) is 6.42 Å². The number of carbonyl (C=O) groups is 1. The molecule has 0 aliphatic rings. The summed E-state index contributed by atoms with van der Waals surface area (Å²) in [5.41, 5.74) is 3.78. The molecular formula is C14H11NO3S. The number of aromatic hydroxyl groups is 1. The van der Waals surface area contributed by atoms with E-state index in [-0.39, 0.29) is 18.0 Å². The lowest BCUT2D eigenvalue weighted by atomic mass is 10.1. The van der Waals surface area contributed by atoms with Crippen LogP contribution in [0.4, 0.5) is 0 Å². The Bertz CT molecular complexity index is 743. The average molecular weight is 273 g/mol. The summed E-state index contributed by atoms with van der Waals surface area (Å²) in [6.45, 7) is 1.84. The van der Waals surface area contributed by atoms with Gasteiger partial charge in [0.05, 0.1) is 17.6 Å². The molecule has 2 aromatic heterocycles. The molecule has 0 radical (unpaired) electrons. The Labute approximate surface area is 113 Å². The van der Waals surface area contributed by atoms with Crippen molar-refractivity contribution >= 4 is 28.1 Å². The van der Waals surface area contributed by atoms with Crippen molar-refractivity contribution in [3.8, 4) is 5.75 Å². The van der Waals surface area contributed by atoms with E-state index in [1.54, 1.807) is 17.6 Å². The largest absolute Gasteiger partial charge is 0.508 e. The number of nitrogens with zero attached hydrogens (tertiary/aromatic N) is 1. The van der Waals surface area contributed by atoms with Crippen molar-refractivity contribution in [1.82, 2.24) is 4.98 Å². The highest BCUT2D eigenvalue weighted by Crippen LogP contribution is 2.28. The quantitative estimate of drug-likeness (QED) is 0.743. The summed E-state index contributed by atoms with van der Waals surface area (Å²) in [5.74, 6) is 0.368. The number of rotatable bonds is 3. The number of carbonyl (C=O) groups excluding carboxylic acids is 1. The maximum Gasteiger partial charge on any atom is 0.204 e. The van der Waals surface area contributed by atoms with Crippen molar-refractivity contribution in [3.63, 3.8) is 0 Å². The second-order valence-electron chi connectivity index (χ2n) is 4.32. The first-order valence-electron chi connectivity index (χ1n) is 5.77. The summed E-state index contributed by atoms with van der Waals surface area (Å²) in [6, 6.07) is 4.85. The highest BCUT2D eigenvalue weighted by Gasteiger charge is 2.18. The number of thiazole rings is 1. The van der Waals surface area contributed by atoms with Gasteiger partial charge in [-0.05, 0) is 19.1 Å². The van der Waals surface area contributed by atoms with Gasteiger partial charge in [0.2, 0.25) is 5.78 Å². The molecule has 5 heteroatoms. The second kappa shape index (κ2) is 4.51. The van der Waals surface area contributed by atoms with E-state index in [2.05, 4.69) is 4.98 Å². The third-order valence-corrected chi connectivity index (χ3v) is 3.64. The molecule has 0 amide bonds. The fourth-order valence-corrected chi connectivity index (χ4v) is 2.61. The highest BCUT2D eigenvalue weighted by molar-refractivity contribution is 7.07. The maximum atomic E-state index is 12.2. The molecule has 0 saturated carbocycles. The number of ketones is 1. The van der Waals surface area contributed by atoms with E-state index in [9.17, 15) is 9.90 Å². The van der Waals surface area contributed by atoms with E-state index in [4.69, 9.17) is 4.42 Å². The summed E-state index contributed by atoms with van der Waals surface area (Å²) in [6.07, 6.45) is 0.232. The van der Waals surface area contributed by atoms with Gasteiger partial charge >= 0.3 is 0 Å². The SMILES string of the molecule is Cc1c(C(=O)Cc2cscn2)oc2cc(O)ccc12. The lowest BCUT2D eigenvalue weighted by Crippen LogP contribution is -2.03. The van der Waals surface area contributed by atoms with Gasteiger partial charge in [-0.15, -0.1) is 11.3 Å². The van der Waals surface area contributed by atoms with Crippen LogP contribution in [0.25, 0.3) is 11.0 Å². The van der Waals surface area contributed by atoms with Crippen molar-refractivity contribution in [2.24, 2.45) is 0 Å². The normalized spacial score (nSPS) is 11.0. The first-order chi connectivity index (χ1) is 9.15. The topological polar surface area (TPSA) is 63.3 Å². The monoisotopic (exact) mass is 273 g/mol. The Morgan fingerprint density at radius 2 is 2.32 bits per heavy atom. The molecule has 0 atom stereocenters. The fraction of sp³-hybridized carbons (Fsp3) is 0.143. The van der Waals surface area contributed by atoms with E-state index in [0.29, 0.717) is 11.3 Å². The Hall–Kier alpha value is -2.14. The van der Waals surface area contributed by atoms with Gasteiger partial charge in [0, 0.05) is 22.4 Å². The number of furan rings is 1. The number of benzene rings is 1. The maximum absolute atomic E-state index is 12.2. The third-order valence-electron chi connectivity index (χ3n) is 3.00. The van der Waals surface area contributed by atoms with Gasteiger partial charge in [-0.1, -0.05) is 0 Å². The van der Waals surface area contributed by atoms with Gasteiger partial charge < -0.3 is 9.52 Å². The van der Waals surface area contributed by atoms with Crippen LogP contribution < -0.4 is 0 Å². The zero-order chi connectivity index (χ0) is 13.4. The number of fused-ring (bicyclic) bond motifs is 1. The molecule has 3 rings (SSSR count). The number of phenolic OH excluding ortho intramolecular Hbond substituents is 1. The van der Waals surface area contributed by atoms with Crippen molar-refractivity contribution in [3.05, 3.63) is 46.1 Å². The zero-order valence-corrected chi connectivity index (χ0v) is 11.0. The van der Waals surface area contributed by atoms with Crippen molar-refractivity contribution < 1.29 is 14.3 Å². The van der Waals surface area contributed by atoms with Crippen LogP contribution in [0.2, 0.25) is 0 Å². The molecule has 1 aromatic carbocycles. The first-order valence-corrected chi connectivity index (χ1v) is 6.72. The Morgan fingerprint density at radius 1 is 1.47 bits per heavy atom. The molecule has 0 aliphatic carbocycles. The lowest BCUT2D eigenvalue weighted by molar-refractivity contribution is 0.0966. The molecule has 4 nitrogen and oxygen atoms in total. The van der Waals surface area contributed by atoms with Crippen LogP contribution in [0, 0.1) is 6.92 Å². The first kappa shape index (κ1) is 11.9. The molecule has 96 valence electrons. The molecule has 0 unspecified atom stereocenters. The summed E-state index contributed by atoms with van der Waals surface area (Å²) in [5, 5.41) is 12.1. The highest BCUT2D eigenvalue weighted by atomic mass is 32.1. The third kappa shape index (κ3) is 2.13. The van der Waals surface area contributed by atoms with E-state index in [0.717, 1.165) is 16.6 Å². The van der Waals surface area contributed by atoms with Gasteiger partial charge in [-0.2, -0.15) is 0 Å². The molecular weight excluding hydrogens is 262 g/mol. The molecule has 19 heavy (non-hydrogen) atoms. The van der Waals surface area contributed by atoms with E-state index < -0.39 is 0 Å². The number of Topliss-reactive ketones (excluding diaryl/α,β-unsaturated/α-hetero) is 1. The molecule has 0 aliphatic heterocycles. The van der Waals surface area contributed by atoms with Crippen molar-refractivity contribution in [1.29, 1.82) is 0 Å². The predicted octanol–water partition coefficient (Wildman–Crippen LogP) is 3.33. The van der Waals surface area contributed by atoms with Gasteiger partial charge in [-0.3, -0.25) is 4.79 Å². The van der Waals surface area contributed by atoms with Crippen molar-refractivity contribution in [2.45, 2.75) is 13.3 Å². The van der Waals surface area contributed by atoms with Crippen LogP contribution in [-0.4, -0.2) is 15.9 Å². The number of hydrogen-bond donors (Lipinski definition) is 1. The fourth-order valence-electron chi connectivity index (χ4n) is 2.05. The minimum absolute atomic E-state index is 0.0981. The molecule has 1 N–H and O–H groups in total. The average Bonchev–Trinajstić information content (AvgIpc) is 2.97. The number of aryl methyl sites for hydroxylation is 1. The van der Waals surface area contributed by atoms with Crippen LogP contribution in [0.15, 0.2) is 33.5 Å². The Kier molecular flexibility index (Phi) is 2.83. The van der Waals surface area contributed by atoms with Gasteiger partial charge in [0.1, 0.15) is 11.3 Å².